The fourth-order valence-corrected chi connectivity index (χ4v) is 2.92. The van der Waals surface area contributed by atoms with E-state index in [4.69, 9.17) is 10.00 Å². The van der Waals surface area contributed by atoms with Gasteiger partial charge in [0.25, 0.3) is 0 Å². The summed E-state index contributed by atoms with van der Waals surface area (Å²) in [5.74, 6) is -0.749. The molecule has 0 heterocycles. The maximum absolute atomic E-state index is 12.2. The Labute approximate surface area is 135 Å². The maximum atomic E-state index is 12.2. The topological polar surface area (TPSA) is 79.2 Å². The lowest BCUT2D eigenvalue weighted by molar-refractivity contribution is -0.152. The number of benzene rings is 1. The number of esters is 1. The minimum atomic E-state index is -0.927. The number of hydrogen-bond donors (Lipinski definition) is 1. The molecule has 5 heteroatoms. The average molecular weight is 312 g/mol. The molecule has 0 aromatic heterocycles. The quantitative estimate of drug-likeness (QED) is 0.684. The first-order valence-electron chi connectivity index (χ1n) is 7.69. The van der Waals surface area contributed by atoms with Crippen molar-refractivity contribution in [3.05, 3.63) is 41.5 Å². The van der Waals surface area contributed by atoms with Gasteiger partial charge in [0.05, 0.1) is 18.7 Å². The van der Waals surface area contributed by atoms with E-state index >= 15 is 0 Å². The van der Waals surface area contributed by atoms with Crippen molar-refractivity contribution in [2.45, 2.75) is 37.6 Å². The van der Waals surface area contributed by atoms with Crippen LogP contribution < -0.4 is 5.32 Å². The third-order valence-corrected chi connectivity index (χ3v) is 4.14. The van der Waals surface area contributed by atoms with E-state index in [0.717, 1.165) is 19.3 Å². The number of nitrogens with zero attached hydrogens (tertiary/aromatic N) is 1. The Hall–Kier alpha value is -2.61. The molecule has 1 N–H and O–H groups in total. The van der Waals surface area contributed by atoms with Gasteiger partial charge in [-0.1, -0.05) is 37.5 Å². The predicted molar refractivity (Wildman–Crippen MR) is 86.2 cm³/mol. The molecule has 0 aliphatic heterocycles. The summed E-state index contributed by atoms with van der Waals surface area (Å²) in [6, 6.07) is 9.10. The van der Waals surface area contributed by atoms with E-state index in [-0.39, 0.29) is 5.91 Å². The third kappa shape index (κ3) is 3.98. The summed E-state index contributed by atoms with van der Waals surface area (Å²) >= 11 is 0. The summed E-state index contributed by atoms with van der Waals surface area (Å²) in [6.07, 6.45) is 6.95. The van der Waals surface area contributed by atoms with Crippen LogP contribution in [-0.2, 0) is 14.3 Å². The molecule has 23 heavy (non-hydrogen) atoms. The van der Waals surface area contributed by atoms with Crippen LogP contribution >= 0.6 is 0 Å². The minimum Gasteiger partial charge on any atom is -0.467 e. The average Bonchev–Trinajstić information content (AvgIpc) is 2.60. The second-order valence-electron chi connectivity index (χ2n) is 5.66. The summed E-state index contributed by atoms with van der Waals surface area (Å²) in [7, 11) is 1.34. The van der Waals surface area contributed by atoms with Crippen LogP contribution in [0.3, 0.4) is 0 Å². The molecule has 1 aliphatic carbocycles. The number of carbonyl (C=O) groups is 2. The Morgan fingerprint density at radius 1 is 1.26 bits per heavy atom. The first-order valence-corrected chi connectivity index (χ1v) is 7.69. The van der Waals surface area contributed by atoms with Crippen molar-refractivity contribution < 1.29 is 14.3 Å². The third-order valence-electron chi connectivity index (χ3n) is 4.14. The first kappa shape index (κ1) is 16.8. The summed E-state index contributed by atoms with van der Waals surface area (Å²) in [5.41, 5.74) is 0.237. The zero-order valence-electron chi connectivity index (χ0n) is 13.2. The van der Waals surface area contributed by atoms with Gasteiger partial charge in [0.2, 0.25) is 5.91 Å². The number of nitriles is 1. The zero-order valence-corrected chi connectivity index (χ0v) is 13.2. The summed E-state index contributed by atoms with van der Waals surface area (Å²) in [5, 5.41) is 11.9. The van der Waals surface area contributed by atoms with Gasteiger partial charge in [-0.2, -0.15) is 5.26 Å². The smallest absolute Gasteiger partial charge is 0.331 e. The lowest BCUT2D eigenvalue weighted by Gasteiger charge is -2.34. The van der Waals surface area contributed by atoms with E-state index in [1.165, 1.54) is 13.2 Å². The molecule has 0 radical (unpaired) electrons. The minimum absolute atomic E-state index is 0.356. The largest absolute Gasteiger partial charge is 0.467 e. The molecule has 0 bridgehead atoms. The number of rotatable bonds is 4. The SMILES string of the molecule is COC(=O)C1(NC(=O)/C=C/c2ccccc2C#N)CCCCC1. The van der Waals surface area contributed by atoms with Crippen LogP contribution in [0.15, 0.2) is 30.3 Å². The van der Waals surface area contributed by atoms with Crippen LogP contribution in [0.1, 0.15) is 43.2 Å². The van der Waals surface area contributed by atoms with Crippen LogP contribution in [0.5, 0.6) is 0 Å². The van der Waals surface area contributed by atoms with Crippen LogP contribution in [0.4, 0.5) is 0 Å². The van der Waals surface area contributed by atoms with Gasteiger partial charge in [-0.25, -0.2) is 4.79 Å². The second kappa shape index (κ2) is 7.59. The van der Waals surface area contributed by atoms with Crippen LogP contribution in [0, 0.1) is 11.3 Å². The monoisotopic (exact) mass is 312 g/mol. The summed E-state index contributed by atoms with van der Waals surface area (Å²) < 4.78 is 4.87. The van der Waals surface area contributed by atoms with Gasteiger partial charge < -0.3 is 10.1 Å². The lowest BCUT2D eigenvalue weighted by atomic mass is 9.81. The number of carbonyl (C=O) groups excluding carboxylic acids is 2. The number of amides is 1. The van der Waals surface area contributed by atoms with E-state index in [1.54, 1.807) is 30.3 Å². The van der Waals surface area contributed by atoms with E-state index < -0.39 is 11.5 Å². The molecule has 120 valence electrons. The van der Waals surface area contributed by atoms with Gasteiger partial charge in [0.15, 0.2) is 0 Å². The van der Waals surface area contributed by atoms with E-state index in [1.807, 2.05) is 0 Å². The van der Waals surface area contributed by atoms with E-state index in [0.29, 0.717) is 24.0 Å². The van der Waals surface area contributed by atoms with Crippen molar-refractivity contribution in [2.75, 3.05) is 7.11 Å². The predicted octanol–water partition coefficient (Wildman–Crippen LogP) is 2.56. The Bertz CT molecular complexity index is 652. The van der Waals surface area contributed by atoms with E-state index in [9.17, 15) is 9.59 Å². The molecule has 1 aliphatic rings. The maximum Gasteiger partial charge on any atom is 0.331 e. The van der Waals surface area contributed by atoms with Crippen LogP contribution in [-0.4, -0.2) is 24.5 Å². The Kier molecular flexibility index (Phi) is 5.53. The molecule has 1 aromatic rings. The van der Waals surface area contributed by atoms with Gasteiger partial charge >= 0.3 is 5.97 Å². The van der Waals surface area contributed by atoms with Crippen molar-refractivity contribution in [1.82, 2.24) is 5.32 Å². The highest BCUT2D eigenvalue weighted by Crippen LogP contribution is 2.29. The van der Waals surface area contributed by atoms with Crippen molar-refractivity contribution in [1.29, 1.82) is 5.26 Å². The van der Waals surface area contributed by atoms with Crippen molar-refractivity contribution in [3.8, 4) is 6.07 Å². The molecular formula is C18H20N2O3. The van der Waals surface area contributed by atoms with Crippen molar-refractivity contribution in [2.24, 2.45) is 0 Å². The highest BCUT2D eigenvalue weighted by atomic mass is 16.5. The Morgan fingerprint density at radius 2 is 1.96 bits per heavy atom. The highest BCUT2D eigenvalue weighted by Gasteiger charge is 2.41. The Morgan fingerprint density at radius 3 is 2.61 bits per heavy atom. The molecule has 1 amide bonds. The fourth-order valence-electron chi connectivity index (χ4n) is 2.92. The van der Waals surface area contributed by atoms with Gasteiger partial charge in [-0.15, -0.1) is 0 Å². The molecule has 0 atom stereocenters. The molecule has 0 saturated heterocycles. The molecule has 5 nitrogen and oxygen atoms in total. The highest BCUT2D eigenvalue weighted by molar-refractivity contribution is 5.96. The Balaban J connectivity index is 2.12. The van der Waals surface area contributed by atoms with Crippen LogP contribution in [0.25, 0.3) is 6.08 Å². The molecule has 1 saturated carbocycles. The van der Waals surface area contributed by atoms with Crippen LogP contribution in [0.2, 0.25) is 0 Å². The molecule has 1 fully saturated rings. The standard InChI is InChI=1S/C18H20N2O3/c1-23-17(22)18(11-5-2-6-12-18)20-16(21)10-9-14-7-3-4-8-15(14)13-19/h3-4,7-10H,2,5-6,11-12H2,1H3,(H,20,21)/b10-9+. The normalized spacial score (nSPS) is 16.5. The number of hydrogen-bond acceptors (Lipinski definition) is 4. The second-order valence-corrected chi connectivity index (χ2v) is 5.66. The molecular weight excluding hydrogens is 292 g/mol. The molecule has 0 unspecified atom stereocenters. The number of ether oxygens (including phenoxy) is 1. The fraction of sp³-hybridized carbons (Fsp3) is 0.389. The van der Waals surface area contributed by atoms with Gasteiger partial charge in [-0.05, 0) is 30.5 Å². The number of nitrogens with one attached hydrogen (secondary N) is 1. The van der Waals surface area contributed by atoms with Crippen molar-refractivity contribution >= 4 is 18.0 Å². The van der Waals surface area contributed by atoms with E-state index in [2.05, 4.69) is 11.4 Å². The van der Waals surface area contributed by atoms with Gasteiger partial charge in [0, 0.05) is 6.08 Å². The van der Waals surface area contributed by atoms with Crippen molar-refractivity contribution in [3.63, 3.8) is 0 Å². The summed E-state index contributed by atoms with van der Waals surface area (Å²) in [6.45, 7) is 0. The summed E-state index contributed by atoms with van der Waals surface area (Å²) in [4.78, 5) is 24.3. The molecule has 0 spiro atoms. The van der Waals surface area contributed by atoms with Gasteiger partial charge in [0.1, 0.15) is 5.54 Å². The first-order chi connectivity index (χ1) is 11.1. The van der Waals surface area contributed by atoms with Gasteiger partial charge in [-0.3, -0.25) is 4.79 Å². The lowest BCUT2D eigenvalue weighted by Crippen LogP contribution is -2.55. The molecule has 2 rings (SSSR count). The number of methoxy groups -OCH3 is 1. The zero-order chi connectivity index (χ0) is 16.7. The molecule has 1 aromatic carbocycles.